The summed E-state index contributed by atoms with van der Waals surface area (Å²) >= 11 is 11.6. The molecule has 0 bridgehead atoms. The third-order valence-corrected chi connectivity index (χ3v) is 2.72. The molecule has 0 radical (unpaired) electrons. The standard InChI is InChI=1S/C14H15Cl2NO3/c1-3-4-5-13(18)20-9(2)14(19)17-12-7-10(15)6-11(16)8-12/h4-9H,3H2,1-2H3,(H,17,19)/b5-4+/t9-/m0/s1. The Bertz CT molecular complexity index is 509. The van der Waals surface area contributed by atoms with E-state index in [1.165, 1.54) is 13.0 Å². The van der Waals surface area contributed by atoms with Crippen LogP contribution >= 0.6 is 23.2 Å². The lowest BCUT2D eigenvalue weighted by Gasteiger charge is -2.12. The van der Waals surface area contributed by atoms with Crippen molar-refractivity contribution in [3.8, 4) is 0 Å². The maximum absolute atomic E-state index is 11.8. The third kappa shape index (κ3) is 5.63. The van der Waals surface area contributed by atoms with Gasteiger partial charge in [0.15, 0.2) is 6.10 Å². The summed E-state index contributed by atoms with van der Waals surface area (Å²) in [5.41, 5.74) is 0.444. The van der Waals surface area contributed by atoms with Crippen LogP contribution in [0.3, 0.4) is 0 Å². The predicted molar refractivity (Wildman–Crippen MR) is 80.1 cm³/mol. The summed E-state index contributed by atoms with van der Waals surface area (Å²) in [4.78, 5) is 23.2. The summed E-state index contributed by atoms with van der Waals surface area (Å²) < 4.78 is 4.94. The van der Waals surface area contributed by atoms with Gasteiger partial charge in [-0.2, -0.15) is 0 Å². The van der Waals surface area contributed by atoms with Gasteiger partial charge in [0.1, 0.15) is 0 Å². The molecule has 1 rings (SSSR count). The maximum Gasteiger partial charge on any atom is 0.331 e. The van der Waals surface area contributed by atoms with Gasteiger partial charge in [0.2, 0.25) is 0 Å². The summed E-state index contributed by atoms with van der Waals surface area (Å²) in [6.45, 7) is 3.38. The molecule has 0 saturated heterocycles. The van der Waals surface area contributed by atoms with Crippen molar-refractivity contribution in [2.45, 2.75) is 26.4 Å². The van der Waals surface area contributed by atoms with Crippen LogP contribution in [0.1, 0.15) is 20.3 Å². The summed E-state index contributed by atoms with van der Waals surface area (Å²) in [5.74, 6) is -1.01. The number of benzene rings is 1. The number of esters is 1. The minimum atomic E-state index is -0.915. The normalized spacial score (nSPS) is 12.2. The zero-order chi connectivity index (χ0) is 15.1. The fraction of sp³-hybridized carbons (Fsp3) is 0.286. The van der Waals surface area contributed by atoms with Gasteiger partial charge in [0, 0.05) is 21.8 Å². The van der Waals surface area contributed by atoms with Crippen LogP contribution in [0.15, 0.2) is 30.4 Å². The van der Waals surface area contributed by atoms with E-state index in [9.17, 15) is 9.59 Å². The lowest BCUT2D eigenvalue weighted by atomic mass is 10.3. The van der Waals surface area contributed by atoms with E-state index in [4.69, 9.17) is 27.9 Å². The fourth-order valence-electron chi connectivity index (χ4n) is 1.35. The summed E-state index contributed by atoms with van der Waals surface area (Å²) in [5, 5.41) is 3.39. The van der Waals surface area contributed by atoms with Gasteiger partial charge in [-0.1, -0.05) is 36.2 Å². The highest BCUT2D eigenvalue weighted by molar-refractivity contribution is 6.35. The van der Waals surface area contributed by atoms with E-state index in [-0.39, 0.29) is 0 Å². The van der Waals surface area contributed by atoms with Crippen LogP contribution in [0.5, 0.6) is 0 Å². The molecule has 1 aromatic rings. The average Bonchev–Trinajstić information content (AvgIpc) is 2.34. The molecule has 0 spiro atoms. The molecule has 4 nitrogen and oxygen atoms in total. The predicted octanol–water partition coefficient (Wildman–Crippen LogP) is 3.83. The minimum absolute atomic E-state index is 0.406. The van der Waals surface area contributed by atoms with Gasteiger partial charge in [0.05, 0.1) is 0 Å². The zero-order valence-electron chi connectivity index (χ0n) is 11.2. The highest BCUT2D eigenvalue weighted by Crippen LogP contribution is 2.22. The van der Waals surface area contributed by atoms with Crippen molar-refractivity contribution in [2.24, 2.45) is 0 Å². The number of halogens is 2. The molecule has 1 amide bonds. The first kappa shape index (κ1) is 16.5. The first-order valence-electron chi connectivity index (χ1n) is 6.06. The number of nitrogens with one attached hydrogen (secondary N) is 1. The maximum atomic E-state index is 11.8. The van der Waals surface area contributed by atoms with Gasteiger partial charge in [-0.15, -0.1) is 0 Å². The third-order valence-electron chi connectivity index (χ3n) is 2.28. The minimum Gasteiger partial charge on any atom is -0.449 e. The molecule has 0 aliphatic carbocycles. The highest BCUT2D eigenvalue weighted by atomic mass is 35.5. The van der Waals surface area contributed by atoms with E-state index in [0.717, 1.165) is 6.42 Å². The molecule has 0 unspecified atom stereocenters. The number of hydrogen-bond acceptors (Lipinski definition) is 3. The molecule has 108 valence electrons. The van der Waals surface area contributed by atoms with Crippen LogP contribution in [0.2, 0.25) is 10.0 Å². The second-order valence-corrected chi connectivity index (χ2v) is 4.91. The van der Waals surface area contributed by atoms with Gasteiger partial charge >= 0.3 is 5.97 Å². The number of hydrogen-bond donors (Lipinski definition) is 1. The van der Waals surface area contributed by atoms with Crippen molar-refractivity contribution in [3.05, 3.63) is 40.4 Å². The monoisotopic (exact) mass is 315 g/mol. The Morgan fingerprint density at radius 1 is 1.30 bits per heavy atom. The highest BCUT2D eigenvalue weighted by Gasteiger charge is 2.16. The molecule has 20 heavy (non-hydrogen) atoms. The van der Waals surface area contributed by atoms with Gasteiger partial charge in [-0.25, -0.2) is 4.79 Å². The molecule has 6 heteroatoms. The van der Waals surface area contributed by atoms with Crippen LogP contribution in [-0.4, -0.2) is 18.0 Å². The van der Waals surface area contributed by atoms with Crippen molar-refractivity contribution < 1.29 is 14.3 Å². The largest absolute Gasteiger partial charge is 0.449 e. The van der Waals surface area contributed by atoms with E-state index >= 15 is 0 Å². The van der Waals surface area contributed by atoms with Crippen molar-refractivity contribution in [1.82, 2.24) is 0 Å². The topological polar surface area (TPSA) is 55.4 Å². The van der Waals surface area contributed by atoms with Gasteiger partial charge in [0.25, 0.3) is 5.91 Å². The quantitative estimate of drug-likeness (QED) is 0.663. The van der Waals surface area contributed by atoms with Crippen LogP contribution in [0, 0.1) is 0 Å². The SMILES string of the molecule is CC/C=C/C(=O)O[C@@H](C)C(=O)Nc1cc(Cl)cc(Cl)c1. The second kappa shape index (κ2) is 7.92. The Labute approximate surface area is 127 Å². The van der Waals surface area contributed by atoms with Crippen molar-refractivity contribution in [1.29, 1.82) is 0 Å². The molecule has 0 aliphatic heterocycles. The number of anilines is 1. The zero-order valence-corrected chi connectivity index (χ0v) is 12.7. The number of rotatable bonds is 5. The number of carbonyl (C=O) groups is 2. The molecule has 0 aliphatic rings. The summed E-state index contributed by atoms with van der Waals surface area (Å²) in [7, 11) is 0. The molecular formula is C14H15Cl2NO3. The van der Waals surface area contributed by atoms with Crippen LogP contribution in [0.25, 0.3) is 0 Å². The Kier molecular flexibility index (Phi) is 6.55. The Balaban J connectivity index is 2.61. The molecule has 0 heterocycles. The number of amides is 1. The molecular weight excluding hydrogens is 301 g/mol. The number of allylic oxidation sites excluding steroid dienone is 1. The second-order valence-electron chi connectivity index (χ2n) is 4.04. The van der Waals surface area contributed by atoms with E-state index in [1.54, 1.807) is 24.3 Å². The van der Waals surface area contributed by atoms with E-state index < -0.39 is 18.0 Å². The first-order valence-corrected chi connectivity index (χ1v) is 6.82. The lowest BCUT2D eigenvalue weighted by Crippen LogP contribution is -2.29. The van der Waals surface area contributed by atoms with E-state index in [2.05, 4.69) is 5.32 Å². The van der Waals surface area contributed by atoms with Crippen LogP contribution < -0.4 is 5.32 Å². The molecule has 0 fully saturated rings. The molecule has 0 aromatic heterocycles. The van der Waals surface area contributed by atoms with Crippen molar-refractivity contribution in [2.75, 3.05) is 5.32 Å². The Hall–Kier alpha value is -1.52. The fourth-order valence-corrected chi connectivity index (χ4v) is 1.88. The molecule has 0 saturated carbocycles. The van der Waals surface area contributed by atoms with Gasteiger partial charge < -0.3 is 10.1 Å². The number of ether oxygens (including phenoxy) is 1. The van der Waals surface area contributed by atoms with Crippen LogP contribution in [-0.2, 0) is 14.3 Å². The first-order chi connectivity index (χ1) is 9.42. The molecule has 1 N–H and O–H groups in total. The van der Waals surface area contributed by atoms with Crippen LogP contribution in [0.4, 0.5) is 5.69 Å². The number of carbonyl (C=O) groups excluding carboxylic acids is 2. The van der Waals surface area contributed by atoms with E-state index in [0.29, 0.717) is 15.7 Å². The smallest absolute Gasteiger partial charge is 0.331 e. The average molecular weight is 316 g/mol. The summed E-state index contributed by atoms with van der Waals surface area (Å²) in [6, 6.07) is 4.66. The summed E-state index contributed by atoms with van der Waals surface area (Å²) in [6.07, 6.45) is 2.75. The van der Waals surface area contributed by atoms with E-state index in [1.807, 2.05) is 6.92 Å². The van der Waals surface area contributed by atoms with Gasteiger partial charge in [-0.3, -0.25) is 4.79 Å². The molecule has 1 atom stereocenters. The van der Waals surface area contributed by atoms with Gasteiger partial charge in [-0.05, 0) is 31.5 Å². The van der Waals surface area contributed by atoms with Crippen molar-refractivity contribution >= 4 is 40.8 Å². The Morgan fingerprint density at radius 2 is 1.90 bits per heavy atom. The van der Waals surface area contributed by atoms with Crippen molar-refractivity contribution in [3.63, 3.8) is 0 Å². The Morgan fingerprint density at radius 3 is 2.45 bits per heavy atom. The molecule has 1 aromatic carbocycles. The lowest BCUT2D eigenvalue weighted by molar-refractivity contribution is -0.148.